The second-order valence-corrected chi connectivity index (χ2v) is 5.90. The van der Waals surface area contributed by atoms with Gasteiger partial charge in [-0.2, -0.15) is 0 Å². The zero-order chi connectivity index (χ0) is 13.9. The van der Waals surface area contributed by atoms with Gasteiger partial charge in [-0.05, 0) is 25.5 Å². The number of nitrogens with two attached hydrogens (primary N) is 1. The van der Waals surface area contributed by atoms with E-state index in [0.717, 1.165) is 42.1 Å². The summed E-state index contributed by atoms with van der Waals surface area (Å²) in [6.45, 7) is 1.59. The van der Waals surface area contributed by atoms with Crippen molar-refractivity contribution in [3.63, 3.8) is 0 Å². The van der Waals surface area contributed by atoms with Gasteiger partial charge >= 0.3 is 0 Å². The third-order valence-corrected chi connectivity index (χ3v) is 4.57. The first kappa shape index (κ1) is 13.3. The SMILES string of the molecule is NC(=O)C1CCCCN1Cc1csc(-c2ccoc2)n1. The van der Waals surface area contributed by atoms with Crippen molar-refractivity contribution in [1.29, 1.82) is 0 Å². The van der Waals surface area contributed by atoms with Gasteiger partial charge in [-0.3, -0.25) is 9.69 Å². The molecule has 3 heterocycles. The molecule has 0 aromatic carbocycles. The molecule has 5 nitrogen and oxygen atoms in total. The molecule has 1 fully saturated rings. The Labute approximate surface area is 121 Å². The Morgan fingerprint density at radius 2 is 2.45 bits per heavy atom. The van der Waals surface area contributed by atoms with Crippen LogP contribution < -0.4 is 5.73 Å². The summed E-state index contributed by atoms with van der Waals surface area (Å²) in [4.78, 5) is 18.2. The molecule has 1 unspecified atom stereocenters. The van der Waals surface area contributed by atoms with Gasteiger partial charge < -0.3 is 10.2 Å². The standard InChI is InChI=1S/C14H17N3O2S/c15-13(18)12-3-1-2-5-17(12)7-11-9-20-14(16-11)10-4-6-19-8-10/h4,6,8-9,12H,1-3,5,7H2,(H2,15,18). The number of thiazole rings is 1. The van der Waals surface area contributed by atoms with Gasteiger partial charge in [0.15, 0.2) is 0 Å². The van der Waals surface area contributed by atoms with Crippen molar-refractivity contribution in [2.45, 2.75) is 31.8 Å². The fourth-order valence-corrected chi connectivity index (χ4v) is 3.41. The highest BCUT2D eigenvalue weighted by atomic mass is 32.1. The molecular weight excluding hydrogens is 274 g/mol. The lowest BCUT2D eigenvalue weighted by Crippen LogP contribution is -2.47. The van der Waals surface area contributed by atoms with E-state index in [1.54, 1.807) is 23.9 Å². The van der Waals surface area contributed by atoms with Crippen molar-refractivity contribution in [3.05, 3.63) is 29.7 Å². The smallest absolute Gasteiger partial charge is 0.234 e. The number of aromatic nitrogens is 1. The van der Waals surface area contributed by atoms with Crippen LogP contribution in [-0.4, -0.2) is 28.4 Å². The molecular formula is C14H17N3O2S. The summed E-state index contributed by atoms with van der Waals surface area (Å²) in [5, 5.41) is 2.98. The van der Waals surface area contributed by atoms with Gasteiger partial charge in [0.2, 0.25) is 5.91 Å². The average molecular weight is 291 g/mol. The van der Waals surface area contributed by atoms with Gasteiger partial charge in [0, 0.05) is 17.5 Å². The Hall–Kier alpha value is -1.66. The molecule has 2 aromatic rings. The maximum atomic E-state index is 11.5. The van der Waals surface area contributed by atoms with E-state index < -0.39 is 0 Å². The minimum absolute atomic E-state index is 0.150. The van der Waals surface area contributed by atoms with Crippen molar-refractivity contribution >= 4 is 17.2 Å². The van der Waals surface area contributed by atoms with Gasteiger partial charge in [-0.25, -0.2) is 4.98 Å². The summed E-state index contributed by atoms with van der Waals surface area (Å²) in [5.74, 6) is -0.227. The second-order valence-electron chi connectivity index (χ2n) is 5.04. The first-order chi connectivity index (χ1) is 9.74. The largest absolute Gasteiger partial charge is 0.472 e. The van der Waals surface area contributed by atoms with Crippen molar-refractivity contribution in [2.75, 3.05) is 6.54 Å². The minimum Gasteiger partial charge on any atom is -0.472 e. The van der Waals surface area contributed by atoms with E-state index in [2.05, 4.69) is 9.88 Å². The molecule has 1 aliphatic rings. The molecule has 20 heavy (non-hydrogen) atoms. The number of carbonyl (C=O) groups is 1. The number of piperidine rings is 1. The predicted octanol–water partition coefficient (Wildman–Crippen LogP) is 2.24. The van der Waals surface area contributed by atoms with Gasteiger partial charge in [-0.15, -0.1) is 11.3 Å². The van der Waals surface area contributed by atoms with E-state index in [1.807, 2.05) is 11.4 Å². The molecule has 0 bridgehead atoms. The second kappa shape index (κ2) is 5.76. The molecule has 1 amide bonds. The van der Waals surface area contributed by atoms with Crippen LogP contribution in [0.25, 0.3) is 10.6 Å². The minimum atomic E-state index is -0.227. The number of rotatable bonds is 4. The molecule has 0 radical (unpaired) electrons. The van der Waals surface area contributed by atoms with Crippen LogP contribution in [0.4, 0.5) is 0 Å². The zero-order valence-corrected chi connectivity index (χ0v) is 11.9. The van der Waals surface area contributed by atoms with Gasteiger partial charge in [0.05, 0.1) is 18.0 Å². The molecule has 106 valence electrons. The van der Waals surface area contributed by atoms with Gasteiger partial charge in [0.25, 0.3) is 0 Å². The normalized spacial score (nSPS) is 20.1. The maximum absolute atomic E-state index is 11.5. The lowest BCUT2D eigenvalue weighted by atomic mass is 10.0. The quantitative estimate of drug-likeness (QED) is 0.937. The highest BCUT2D eigenvalue weighted by molar-refractivity contribution is 7.13. The number of furan rings is 1. The lowest BCUT2D eigenvalue weighted by Gasteiger charge is -2.32. The summed E-state index contributed by atoms with van der Waals surface area (Å²) in [7, 11) is 0. The Balaban J connectivity index is 1.72. The summed E-state index contributed by atoms with van der Waals surface area (Å²) in [6, 6.07) is 1.75. The van der Waals surface area contributed by atoms with Crippen LogP contribution in [0.3, 0.4) is 0 Å². The third kappa shape index (κ3) is 2.76. The number of hydrogen-bond acceptors (Lipinski definition) is 5. The average Bonchev–Trinajstić information content (AvgIpc) is 3.09. The molecule has 3 rings (SSSR count). The number of primary amides is 1. The number of carbonyl (C=O) groups excluding carboxylic acids is 1. The number of hydrogen-bond donors (Lipinski definition) is 1. The Morgan fingerprint density at radius 3 is 3.20 bits per heavy atom. The Kier molecular flexibility index (Phi) is 3.84. The Morgan fingerprint density at radius 1 is 1.55 bits per heavy atom. The first-order valence-electron chi connectivity index (χ1n) is 6.74. The summed E-state index contributed by atoms with van der Waals surface area (Å²) >= 11 is 1.59. The van der Waals surface area contributed by atoms with E-state index in [1.165, 1.54) is 0 Å². The van der Waals surface area contributed by atoms with Crippen LogP contribution in [0.15, 0.2) is 28.4 Å². The molecule has 0 aliphatic carbocycles. The number of likely N-dealkylation sites (tertiary alicyclic amines) is 1. The fourth-order valence-electron chi connectivity index (χ4n) is 2.61. The predicted molar refractivity (Wildman–Crippen MR) is 77.1 cm³/mol. The number of nitrogens with zero attached hydrogens (tertiary/aromatic N) is 2. The lowest BCUT2D eigenvalue weighted by molar-refractivity contribution is -0.124. The van der Waals surface area contributed by atoms with E-state index in [4.69, 9.17) is 10.2 Å². The molecule has 1 saturated heterocycles. The van der Waals surface area contributed by atoms with Crippen LogP contribution in [0.1, 0.15) is 25.0 Å². The van der Waals surface area contributed by atoms with Crippen LogP contribution >= 0.6 is 11.3 Å². The van der Waals surface area contributed by atoms with Crippen molar-refractivity contribution in [2.24, 2.45) is 5.73 Å². The molecule has 1 aliphatic heterocycles. The third-order valence-electron chi connectivity index (χ3n) is 3.63. The molecule has 2 N–H and O–H groups in total. The molecule has 2 aromatic heterocycles. The topological polar surface area (TPSA) is 72.4 Å². The van der Waals surface area contributed by atoms with E-state index in [0.29, 0.717) is 6.54 Å². The monoisotopic (exact) mass is 291 g/mol. The van der Waals surface area contributed by atoms with Gasteiger partial charge in [-0.1, -0.05) is 6.42 Å². The van der Waals surface area contributed by atoms with E-state index >= 15 is 0 Å². The fraction of sp³-hybridized carbons (Fsp3) is 0.429. The van der Waals surface area contributed by atoms with E-state index in [9.17, 15) is 4.79 Å². The molecule has 1 atom stereocenters. The zero-order valence-electron chi connectivity index (χ0n) is 11.1. The molecule has 0 spiro atoms. The van der Waals surface area contributed by atoms with Crippen LogP contribution in [0.2, 0.25) is 0 Å². The summed E-state index contributed by atoms with van der Waals surface area (Å²) in [5.41, 5.74) is 7.46. The van der Waals surface area contributed by atoms with Crippen molar-refractivity contribution in [3.8, 4) is 10.6 Å². The van der Waals surface area contributed by atoms with Crippen LogP contribution in [0.5, 0.6) is 0 Å². The van der Waals surface area contributed by atoms with Crippen LogP contribution in [0, 0.1) is 0 Å². The first-order valence-corrected chi connectivity index (χ1v) is 7.62. The highest BCUT2D eigenvalue weighted by Crippen LogP contribution is 2.26. The summed E-state index contributed by atoms with van der Waals surface area (Å²) in [6.07, 6.45) is 6.37. The van der Waals surface area contributed by atoms with Crippen molar-refractivity contribution in [1.82, 2.24) is 9.88 Å². The maximum Gasteiger partial charge on any atom is 0.234 e. The Bertz CT molecular complexity index is 579. The molecule has 6 heteroatoms. The van der Waals surface area contributed by atoms with Crippen molar-refractivity contribution < 1.29 is 9.21 Å². The number of amides is 1. The highest BCUT2D eigenvalue weighted by Gasteiger charge is 2.27. The van der Waals surface area contributed by atoms with E-state index in [-0.39, 0.29) is 11.9 Å². The van der Waals surface area contributed by atoms with Crippen LogP contribution in [-0.2, 0) is 11.3 Å². The summed E-state index contributed by atoms with van der Waals surface area (Å²) < 4.78 is 5.07. The van der Waals surface area contributed by atoms with Gasteiger partial charge in [0.1, 0.15) is 11.3 Å². The molecule has 0 saturated carbocycles.